The number of hydrogen-bond acceptors (Lipinski definition) is 7. The summed E-state index contributed by atoms with van der Waals surface area (Å²) in [6.45, 7) is 14.4. The Morgan fingerprint density at radius 1 is 0.933 bits per heavy atom. The standard InChI is InChI=1S/C33H46N2O7S2Si/c1-31(2,3)45(6,7)42-27-18-20-33(23-26-24-41-32(4,5)35(26)44(39,40)29-16-12-9-13-17-29)25(22-27)19-21-34(30(33)36)43(37,38)28-14-10-8-11-15-28/h8-18,20,25-27H,19,21-24H2,1-7H3/t25-,26+,27?,33-/m0/s1. The monoisotopic (exact) mass is 674 g/mol. The number of sulfonamides is 2. The number of nitrogens with zero attached hydrogens (tertiary/aromatic N) is 2. The zero-order valence-electron chi connectivity index (χ0n) is 27.3. The molecule has 2 aromatic rings. The average Bonchev–Trinajstić information content (AvgIpc) is 3.27. The summed E-state index contributed by atoms with van der Waals surface area (Å²) >= 11 is 0. The van der Waals surface area contributed by atoms with Gasteiger partial charge in [0.05, 0.1) is 34.0 Å². The van der Waals surface area contributed by atoms with Crippen LogP contribution >= 0.6 is 0 Å². The molecule has 45 heavy (non-hydrogen) atoms. The van der Waals surface area contributed by atoms with Gasteiger partial charge in [0, 0.05) is 6.54 Å². The molecule has 1 aliphatic carbocycles. The lowest BCUT2D eigenvalue weighted by molar-refractivity contribution is -0.143. The topological polar surface area (TPSA) is 110 Å². The van der Waals surface area contributed by atoms with Crippen LogP contribution in [0.25, 0.3) is 0 Å². The SMILES string of the molecule is CC1(C)OC[C@@H](C[C@@]23C=CC(O[Si](C)(C)C(C)(C)C)C[C@@H]2CCN(S(=O)(=O)c2ccccc2)C3=O)N1S(=O)(=O)c1ccccc1. The zero-order chi connectivity index (χ0) is 33.1. The van der Waals surface area contributed by atoms with Crippen LogP contribution in [0.15, 0.2) is 82.6 Å². The van der Waals surface area contributed by atoms with Crippen LogP contribution in [0, 0.1) is 11.3 Å². The van der Waals surface area contributed by atoms with Crippen molar-refractivity contribution in [2.75, 3.05) is 13.2 Å². The van der Waals surface area contributed by atoms with Crippen molar-refractivity contribution < 1.29 is 30.8 Å². The molecule has 1 amide bonds. The first-order valence-electron chi connectivity index (χ1n) is 15.6. The van der Waals surface area contributed by atoms with Gasteiger partial charge in [0.1, 0.15) is 5.72 Å². The van der Waals surface area contributed by atoms with Crippen LogP contribution in [0.5, 0.6) is 0 Å². The highest BCUT2D eigenvalue weighted by Crippen LogP contribution is 2.52. The van der Waals surface area contributed by atoms with Crippen LogP contribution in [0.4, 0.5) is 0 Å². The summed E-state index contributed by atoms with van der Waals surface area (Å²) in [4.78, 5) is 14.9. The fourth-order valence-electron chi connectivity index (χ4n) is 6.72. The van der Waals surface area contributed by atoms with Gasteiger partial charge in [-0.25, -0.2) is 21.1 Å². The van der Waals surface area contributed by atoms with Crippen LogP contribution in [-0.4, -0.2) is 70.7 Å². The lowest BCUT2D eigenvalue weighted by atomic mass is 9.63. The Labute approximate surface area is 269 Å². The lowest BCUT2D eigenvalue weighted by Crippen LogP contribution is -2.59. The molecule has 0 saturated carbocycles. The van der Waals surface area contributed by atoms with Gasteiger partial charge in [-0.3, -0.25) is 4.79 Å². The van der Waals surface area contributed by atoms with Crippen molar-refractivity contribution in [1.82, 2.24) is 8.61 Å². The van der Waals surface area contributed by atoms with Gasteiger partial charge in [0.2, 0.25) is 15.9 Å². The van der Waals surface area contributed by atoms with Crippen LogP contribution in [-0.2, 0) is 34.0 Å². The molecule has 1 unspecified atom stereocenters. The molecule has 3 aliphatic rings. The molecule has 2 saturated heterocycles. The van der Waals surface area contributed by atoms with E-state index in [1.54, 1.807) is 62.4 Å². The third-order valence-corrected chi connectivity index (χ3v) is 18.5. The van der Waals surface area contributed by atoms with E-state index in [9.17, 15) is 21.6 Å². The molecule has 0 bridgehead atoms. The molecule has 12 heteroatoms. The minimum absolute atomic E-state index is 0.0165. The molecular weight excluding hydrogens is 629 g/mol. The number of amides is 1. The zero-order valence-corrected chi connectivity index (χ0v) is 29.9. The molecule has 5 rings (SSSR count). The summed E-state index contributed by atoms with van der Waals surface area (Å²) < 4.78 is 71.0. The maximum Gasteiger partial charge on any atom is 0.266 e. The summed E-state index contributed by atoms with van der Waals surface area (Å²) in [7, 11) is -10.3. The normalized spacial score (nSPS) is 27.8. The van der Waals surface area contributed by atoms with E-state index in [-0.39, 0.29) is 46.4 Å². The van der Waals surface area contributed by atoms with Gasteiger partial charge in [-0.1, -0.05) is 69.3 Å². The molecule has 0 N–H and O–H groups in total. The Bertz CT molecular complexity index is 1660. The highest BCUT2D eigenvalue weighted by molar-refractivity contribution is 7.89. The van der Waals surface area contributed by atoms with Crippen molar-refractivity contribution >= 4 is 34.3 Å². The maximum absolute atomic E-state index is 14.7. The molecule has 0 radical (unpaired) electrons. The second-order valence-corrected chi connectivity index (χ2v) is 22.9. The largest absolute Gasteiger partial charge is 0.411 e. The Hall–Kier alpha value is -2.35. The predicted molar refractivity (Wildman–Crippen MR) is 176 cm³/mol. The van der Waals surface area contributed by atoms with E-state index in [2.05, 4.69) is 33.9 Å². The van der Waals surface area contributed by atoms with Gasteiger partial charge in [0.25, 0.3) is 10.0 Å². The van der Waals surface area contributed by atoms with E-state index in [4.69, 9.17) is 9.16 Å². The first-order valence-corrected chi connectivity index (χ1v) is 21.3. The van der Waals surface area contributed by atoms with Gasteiger partial charge in [-0.05, 0) is 81.4 Å². The van der Waals surface area contributed by atoms with Crippen LogP contribution in [0.1, 0.15) is 53.9 Å². The van der Waals surface area contributed by atoms with Crippen molar-refractivity contribution in [1.29, 1.82) is 0 Å². The number of rotatable bonds is 8. The van der Waals surface area contributed by atoms with Crippen molar-refractivity contribution in [3.63, 3.8) is 0 Å². The molecule has 0 spiro atoms. The quantitative estimate of drug-likeness (QED) is 0.258. The van der Waals surface area contributed by atoms with E-state index in [0.29, 0.717) is 12.8 Å². The first-order chi connectivity index (χ1) is 20.8. The minimum atomic E-state index is -4.14. The van der Waals surface area contributed by atoms with Gasteiger partial charge >= 0.3 is 0 Å². The smallest absolute Gasteiger partial charge is 0.266 e. The van der Waals surface area contributed by atoms with Gasteiger partial charge in [0.15, 0.2) is 8.32 Å². The highest BCUT2D eigenvalue weighted by atomic mass is 32.2. The summed E-state index contributed by atoms with van der Waals surface area (Å²) in [6, 6.07) is 15.4. The average molecular weight is 675 g/mol. The van der Waals surface area contributed by atoms with Crippen molar-refractivity contribution in [3.8, 4) is 0 Å². The van der Waals surface area contributed by atoms with E-state index in [1.165, 1.54) is 16.4 Å². The minimum Gasteiger partial charge on any atom is -0.411 e. The van der Waals surface area contributed by atoms with Gasteiger partial charge < -0.3 is 9.16 Å². The second kappa shape index (κ2) is 11.7. The van der Waals surface area contributed by atoms with Crippen LogP contribution in [0.3, 0.4) is 0 Å². The summed E-state index contributed by atoms with van der Waals surface area (Å²) in [5, 5.41) is -0.0165. The van der Waals surface area contributed by atoms with Crippen molar-refractivity contribution in [2.45, 2.75) is 99.7 Å². The fraction of sp³-hybridized carbons (Fsp3) is 0.545. The molecule has 2 fully saturated rings. The molecule has 2 heterocycles. The number of ether oxygens (including phenoxy) is 1. The molecule has 246 valence electrons. The summed E-state index contributed by atoms with van der Waals surface area (Å²) in [6.07, 6.45) is 4.56. The molecule has 4 atom stereocenters. The first kappa shape index (κ1) is 34.0. The Morgan fingerprint density at radius 3 is 2.04 bits per heavy atom. The molecular formula is C33H46N2O7S2Si. The number of piperidine rings is 1. The van der Waals surface area contributed by atoms with Crippen molar-refractivity contribution in [2.24, 2.45) is 11.3 Å². The van der Waals surface area contributed by atoms with Crippen LogP contribution in [0.2, 0.25) is 18.1 Å². The number of hydrogen-bond donors (Lipinski definition) is 0. The number of benzene rings is 2. The summed E-state index contributed by atoms with van der Waals surface area (Å²) in [5.41, 5.74) is -2.45. The van der Waals surface area contributed by atoms with Crippen molar-refractivity contribution in [3.05, 3.63) is 72.8 Å². The molecule has 2 aliphatic heterocycles. The summed E-state index contributed by atoms with van der Waals surface area (Å²) in [5.74, 6) is -0.789. The third-order valence-electron chi connectivity index (χ3n) is 10.1. The lowest BCUT2D eigenvalue weighted by Gasteiger charge is -2.50. The predicted octanol–water partition coefficient (Wildman–Crippen LogP) is 5.78. The Morgan fingerprint density at radius 2 is 1.49 bits per heavy atom. The number of carbonyl (C=O) groups excluding carboxylic acids is 1. The maximum atomic E-state index is 14.7. The van der Waals surface area contributed by atoms with E-state index in [1.807, 2.05) is 12.2 Å². The van der Waals surface area contributed by atoms with Gasteiger partial charge in [-0.15, -0.1) is 0 Å². The third kappa shape index (κ3) is 6.09. The van der Waals surface area contributed by atoms with Gasteiger partial charge in [-0.2, -0.15) is 4.31 Å². The fourth-order valence-corrected chi connectivity index (χ4v) is 11.4. The van der Waals surface area contributed by atoms with E-state index < -0.39 is 51.5 Å². The Balaban J connectivity index is 1.57. The molecule has 9 nitrogen and oxygen atoms in total. The van der Waals surface area contributed by atoms with E-state index >= 15 is 0 Å². The molecule has 0 aromatic heterocycles. The highest BCUT2D eigenvalue weighted by Gasteiger charge is 2.58. The Kier molecular flexibility index (Phi) is 8.85. The molecule has 2 aromatic carbocycles. The van der Waals surface area contributed by atoms with E-state index in [0.717, 1.165) is 4.31 Å². The number of fused-ring (bicyclic) bond motifs is 1. The van der Waals surface area contributed by atoms with Crippen LogP contribution < -0.4 is 0 Å². The number of carbonyl (C=O) groups is 1. The second-order valence-electron chi connectivity index (χ2n) is 14.5.